The molecule has 0 saturated heterocycles. The summed E-state index contributed by atoms with van der Waals surface area (Å²) >= 11 is 1.75. The summed E-state index contributed by atoms with van der Waals surface area (Å²) in [5.74, 6) is 1.66. The molecule has 0 aromatic carbocycles. The molecule has 0 aliphatic heterocycles. The third kappa shape index (κ3) is 3.61. The highest BCUT2D eigenvalue weighted by Crippen LogP contribution is 2.24. The van der Waals surface area contributed by atoms with Crippen molar-refractivity contribution in [1.29, 1.82) is 0 Å². The highest BCUT2D eigenvalue weighted by molar-refractivity contribution is 7.99. The van der Waals surface area contributed by atoms with E-state index in [0.717, 1.165) is 48.1 Å². The minimum absolute atomic E-state index is 0.650. The molecule has 0 spiro atoms. The second kappa shape index (κ2) is 7.44. The molecular weight excluding hydrogens is 272 g/mol. The number of thioether (sulfide) groups is 1. The van der Waals surface area contributed by atoms with Crippen molar-refractivity contribution in [3.63, 3.8) is 0 Å². The van der Waals surface area contributed by atoms with Gasteiger partial charge in [0.1, 0.15) is 10.5 Å². The number of hydrogen-bond acceptors (Lipinski definition) is 6. The van der Waals surface area contributed by atoms with E-state index in [9.17, 15) is 0 Å². The largest absolute Gasteiger partial charge is 0.354 e. The first kappa shape index (κ1) is 15.1. The van der Waals surface area contributed by atoms with Gasteiger partial charge in [0, 0.05) is 18.8 Å². The van der Waals surface area contributed by atoms with Gasteiger partial charge < -0.3 is 15.2 Å². The van der Waals surface area contributed by atoms with Gasteiger partial charge in [-0.25, -0.2) is 9.97 Å². The van der Waals surface area contributed by atoms with Gasteiger partial charge in [0.25, 0.3) is 0 Å². The molecule has 0 saturated carbocycles. The number of rotatable bonds is 8. The van der Waals surface area contributed by atoms with E-state index in [1.54, 1.807) is 18.1 Å². The molecule has 6 nitrogen and oxygen atoms in total. The normalized spacial score (nSPS) is 11.4. The van der Waals surface area contributed by atoms with Crippen LogP contribution >= 0.6 is 11.8 Å². The summed E-state index contributed by atoms with van der Waals surface area (Å²) in [5.41, 5.74) is 1.65. The van der Waals surface area contributed by atoms with Crippen molar-refractivity contribution in [3.8, 4) is 0 Å². The molecule has 0 aliphatic rings. The highest BCUT2D eigenvalue weighted by Gasteiger charge is 2.10. The van der Waals surface area contributed by atoms with Crippen molar-refractivity contribution in [2.75, 3.05) is 37.2 Å². The summed E-state index contributed by atoms with van der Waals surface area (Å²) in [7, 11) is 0. The molecule has 0 bridgehead atoms. The van der Waals surface area contributed by atoms with Crippen LogP contribution in [0, 0.1) is 0 Å². The first-order valence-electron chi connectivity index (χ1n) is 7.08. The van der Waals surface area contributed by atoms with E-state index in [2.05, 4.69) is 44.0 Å². The van der Waals surface area contributed by atoms with Crippen molar-refractivity contribution in [3.05, 3.63) is 6.33 Å². The molecule has 20 heavy (non-hydrogen) atoms. The molecule has 2 aromatic heterocycles. The predicted molar refractivity (Wildman–Crippen MR) is 84.4 cm³/mol. The fourth-order valence-electron chi connectivity index (χ4n) is 1.96. The molecule has 2 aromatic rings. The molecule has 0 unspecified atom stereocenters. The van der Waals surface area contributed by atoms with Gasteiger partial charge in [0.2, 0.25) is 5.95 Å². The molecule has 110 valence electrons. The number of aromatic amines is 1. The molecule has 0 radical (unpaired) electrons. The highest BCUT2D eigenvalue weighted by atomic mass is 32.2. The van der Waals surface area contributed by atoms with Crippen molar-refractivity contribution >= 4 is 28.9 Å². The maximum atomic E-state index is 4.56. The molecule has 0 atom stereocenters. The zero-order valence-electron chi connectivity index (χ0n) is 12.3. The van der Waals surface area contributed by atoms with Crippen LogP contribution in [-0.4, -0.2) is 56.8 Å². The average molecular weight is 294 g/mol. The molecule has 0 fully saturated rings. The third-order valence-electron chi connectivity index (χ3n) is 3.13. The van der Waals surface area contributed by atoms with Gasteiger partial charge in [0.15, 0.2) is 5.65 Å². The van der Waals surface area contributed by atoms with Crippen LogP contribution in [0.4, 0.5) is 5.95 Å². The minimum Gasteiger partial charge on any atom is -0.354 e. The second-order valence-corrected chi connectivity index (χ2v) is 5.44. The average Bonchev–Trinajstić information content (AvgIpc) is 2.92. The Morgan fingerprint density at radius 2 is 2.05 bits per heavy atom. The van der Waals surface area contributed by atoms with Gasteiger partial charge in [-0.3, -0.25) is 0 Å². The lowest BCUT2D eigenvalue weighted by molar-refractivity contribution is 0.324. The summed E-state index contributed by atoms with van der Waals surface area (Å²) in [6.45, 7) is 10.5. The summed E-state index contributed by atoms with van der Waals surface area (Å²) in [6.07, 6.45) is 1.67. The fourth-order valence-corrected chi connectivity index (χ4v) is 2.95. The van der Waals surface area contributed by atoms with Gasteiger partial charge in [-0.1, -0.05) is 13.8 Å². The van der Waals surface area contributed by atoms with Crippen LogP contribution in [0.1, 0.15) is 20.8 Å². The van der Waals surface area contributed by atoms with E-state index < -0.39 is 0 Å². The van der Waals surface area contributed by atoms with Crippen LogP contribution in [0.15, 0.2) is 11.4 Å². The Morgan fingerprint density at radius 3 is 2.75 bits per heavy atom. The molecule has 2 N–H and O–H groups in total. The first-order valence-corrected chi connectivity index (χ1v) is 8.07. The molecule has 0 amide bonds. The van der Waals surface area contributed by atoms with E-state index in [0.29, 0.717) is 5.95 Å². The topological polar surface area (TPSA) is 69.7 Å². The molecular formula is C13H22N6S. The zero-order valence-corrected chi connectivity index (χ0v) is 13.1. The standard InChI is InChI=1S/C13H22N6S/c1-4-14-13-17-11-10(15-9-16-11)12(18-13)20-8-7-19(5-2)6-3/h9H,4-8H2,1-3H3,(H2,14,15,16,17,18). The van der Waals surface area contributed by atoms with E-state index in [4.69, 9.17) is 0 Å². The number of H-pyrrole nitrogens is 1. The van der Waals surface area contributed by atoms with Gasteiger partial charge in [-0.2, -0.15) is 4.98 Å². The number of nitrogens with one attached hydrogen (secondary N) is 2. The molecule has 0 aliphatic carbocycles. The second-order valence-electron chi connectivity index (χ2n) is 4.36. The summed E-state index contributed by atoms with van der Waals surface area (Å²) < 4.78 is 0. The maximum absolute atomic E-state index is 4.56. The summed E-state index contributed by atoms with van der Waals surface area (Å²) in [6, 6.07) is 0. The van der Waals surface area contributed by atoms with Crippen LogP contribution in [0.3, 0.4) is 0 Å². The van der Waals surface area contributed by atoms with Crippen LogP contribution < -0.4 is 5.32 Å². The third-order valence-corrected chi connectivity index (χ3v) is 4.08. The van der Waals surface area contributed by atoms with Gasteiger partial charge in [0.05, 0.1) is 6.33 Å². The zero-order chi connectivity index (χ0) is 14.4. The van der Waals surface area contributed by atoms with Gasteiger partial charge in [-0.15, -0.1) is 11.8 Å². The van der Waals surface area contributed by atoms with Crippen LogP contribution in [-0.2, 0) is 0 Å². The van der Waals surface area contributed by atoms with E-state index in [1.165, 1.54) is 0 Å². The lowest BCUT2D eigenvalue weighted by atomic mass is 10.5. The minimum atomic E-state index is 0.650. The van der Waals surface area contributed by atoms with Gasteiger partial charge in [-0.05, 0) is 20.0 Å². The quantitative estimate of drug-likeness (QED) is 0.575. The predicted octanol–water partition coefficient (Wildman–Crippen LogP) is 2.22. The smallest absolute Gasteiger partial charge is 0.225 e. The Morgan fingerprint density at radius 1 is 1.25 bits per heavy atom. The van der Waals surface area contributed by atoms with Crippen molar-refractivity contribution in [2.45, 2.75) is 25.8 Å². The number of aromatic nitrogens is 4. The number of fused-ring (bicyclic) bond motifs is 1. The molecule has 2 rings (SSSR count). The summed E-state index contributed by atoms with van der Waals surface area (Å²) in [5, 5.41) is 4.12. The van der Waals surface area contributed by atoms with Crippen molar-refractivity contribution in [1.82, 2.24) is 24.8 Å². The van der Waals surface area contributed by atoms with Crippen molar-refractivity contribution in [2.24, 2.45) is 0 Å². The van der Waals surface area contributed by atoms with E-state index in [-0.39, 0.29) is 0 Å². The number of anilines is 1. The van der Waals surface area contributed by atoms with Crippen molar-refractivity contribution < 1.29 is 0 Å². The SMILES string of the molecule is CCNc1nc(SCCN(CC)CC)c2[nH]cnc2n1. The Hall–Kier alpha value is -1.34. The van der Waals surface area contributed by atoms with Crippen LogP contribution in [0.2, 0.25) is 0 Å². The Labute approximate surface area is 123 Å². The Bertz CT molecular complexity index is 537. The van der Waals surface area contributed by atoms with Gasteiger partial charge >= 0.3 is 0 Å². The summed E-state index contributed by atoms with van der Waals surface area (Å²) in [4.78, 5) is 18.7. The van der Waals surface area contributed by atoms with E-state index in [1.807, 2.05) is 6.92 Å². The molecule has 2 heterocycles. The van der Waals surface area contributed by atoms with Crippen LogP contribution in [0.5, 0.6) is 0 Å². The number of imidazole rings is 1. The van der Waals surface area contributed by atoms with E-state index >= 15 is 0 Å². The molecule has 7 heteroatoms. The number of nitrogens with zero attached hydrogens (tertiary/aromatic N) is 4. The Balaban J connectivity index is 2.09. The first-order chi connectivity index (χ1) is 9.78. The lowest BCUT2D eigenvalue weighted by Gasteiger charge is -2.17. The van der Waals surface area contributed by atoms with Crippen LogP contribution in [0.25, 0.3) is 11.2 Å². The Kier molecular flexibility index (Phi) is 5.60. The fraction of sp³-hybridized carbons (Fsp3) is 0.615. The monoisotopic (exact) mass is 294 g/mol. The number of hydrogen-bond donors (Lipinski definition) is 2. The lowest BCUT2D eigenvalue weighted by Crippen LogP contribution is -2.25. The maximum Gasteiger partial charge on any atom is 0.225 e.